The number of aromatic nitrogens is 1. The third-order valence-electron chi connectivity index (χ3n) is 2.27. The van der Waals surface area contributed by atoms with Gasteiger partial charge in [0, 0.05) is 16.8 Å². The van der Waals surface area contributed by atoms with Crippen LogP contribution >= 0.6 is 24.2 Å². The minimum atomic E-state index is -4.29. The van der Waals surface area contributed by atoms with Crippen LogP contribution in [0.3, 0.4) is 0 Å². The van der Waals surface area contributed by atoms with Crippen molar-refractivity contribution in [1.29, 1.82) is 0 Å². The molecule has 0 radical (unpaired) electrons. The van der Waals surface area contributed by atoms with E-state index in [1.165, 1.54) is 17.8 Å². The van der Waals surface area contributed by atoms with Gasteiger partial charge in [-0.25, -0.2) is 0 Å². The molecule has 1 aromatic heterocycles. The van der Waals surface area contributed by atoms with Crippen LogP contribution in [-0.2, 0) is 11.9 Å². The van der Waals surface area contributed by atoms with Crippen molar-refractivity contribution in [2.24, 2.45) is 0 Å². The number of benzene rings is 1. The summed E-state index contributed by atoms with van der Waals surface area (Å²) in [5.74, 6) is 0.558. The Kier molecular flexibility index (Phi) is 5.69. The fourth-order valence-electron chi connectivity index (χ4n) is 1.40. The van der Waals surface area contributed by atoms with E-state index in [1.807, 2.05) is 12.1 Å². The van der Waals surface area contributed by atoms with E-state index in [0.29, 0.717) is 10.6 Å². The third kappa shape index (κ3) is 4.76. The van der Waals surface area contributed by atoms with Gasteiger partial charge < -0.3 is 0 Å². The predicted octanol–water partition coefficient (Wildman–Crippen LogP) is 4.81. The maximum absolute atomic E-state index is 12.5. The highest BCUT2D eigenvalue weighted by Gasteiger charge is 2.30. The Hall–Kier alpha value is -1.20. The molecule has 0 fully saturated rings. The molecule has 0 amide bonds. The molecule has 102 valence electrons. The van der Waals surface area contributed by atoms with E-state index in [9.17, 15) is 13.2 Å². The highest BCUT2D eigenvalue weighted by atomic mass is 35.5. The van der Waals surface area contributed by atoms with Crippen molar-refractivity contribution in [2.45, 2.75) is 16.8 Å². The zero-order valence-electron chi connectivity index (χ0n) is 9.72. The van der Waals surface area contributed by atoms with Gasteiger partial charge in [-0.1, -0.05) is 12.1 Å². The second-order valence-electron chi connectivity index (χ2n) is 3.64. The summed E-state index contributed by atoms with van der Waals surface area (Å²) in [6.45, 7) is 0. The normalized spacial score (nSPS) is 10.9. The Morgan fingerprint density at radius 2 is 1.84 bits per heavy atom. The Morgan fingerprint density at radius 1 is 1.05 bits per heavy atom. The number of hydrogen-bond donors (Lipinski definition) is 0. The lowest BCUT2D eigenvalue weighted by molar-refractivity contribution is -0.137. The lowest BCUT2D eigenvalue weighted by Gasteiger charge is -2.08. The topological polar surface area (TPSA) is 12.9 Å². The van der Waals surface area contributed by atoms with Gasteiger partial charge in [-0.05, 0) is 30.3 Å². The maximum atomic E-state index is 12.5. The molecule has 0 atom stereocenters. The first-order valence-electron chi connectivity index (χ1n) is 5.26. The first-order chi connectivity index (χ1) is 8.55. The summed E-state index contributed by atoms with van der Waals surface area (Å²) < 4.78 is 37.5. The van der Waals surface area contributed by atoms with Crippen LogP contribution < -0.4 is 0 Å². The molecule has 0 saturated carbocycles. The number of alkyl halides is 3. The molecule has 19 heavy (non-hydrogen) atoms. The molecule has 6 heteroatoms. The lowest BCUT2D eigenvalue weighted by Crippen LogP contribution is -2.04. The van der Waals surface area contributed by atoms with Crippen molar-refractivity contribution >= 4 is 24.2 Å². The first kappa shape index (κ1) is 15.9. The molecule has 0 N–H and O–H groups in total. The van der Waals surface area contributed by atoms with Crippen LogP contribution in [-0.4, -0.2) is 4.98 Å². The SMILES string of the molecule is Cl.FC(F)(F)c1cccc(SCc2ccccn2)c1. The summed E-state index contributed by atoms with van der Waals surface area (Å²) in [5, 5.41) is 0. The van der Waals surface area contributed by atoms with Gasteiger partial charge in [0.2, 0.25) is 0 Å². The van der Waals surface area contributed by atoms with Crippen molar-refractivity contribution in [3.05, 3.63) is 59.9 Å². The molecule has 1 nitrogen and oxygen atoms in total. The zero-order valence-corrected chi connectivity index (χ0v) is 11.4. The minimum Gasteiger partial charge on any atom is -0.260 e. The number of nitrogens with zero attached hydrogens (tertiary/aromatic N) is 1. The predicted molar refractivity (Wildman–Crippen MR) is 72.5 cm³/mol. The molecule has 1 heterocycles. The van der Waals surface area contributed by atoms with E-state index in [-0.39, 0.29) is 12.4 Å². The summed E-state index contributed by atoms with van der Waals surface area (Å²) >= 11 is 1.34. The van der Waals surface area contributed by atoms with Gasteiger partial charge in [0.25, 0.3) is 0 Å². The molecular formula is C13H11ClF3NS. The molecule has 0 aliphatic heterocycles. The zero-order chi connectivity index (χ0) is 13.0. The number of hydrogen-bond acceptors (Lipinski definition) is 2. The van der Waals surface area contributed by atoms with Crippen molar-refractivity contribution in [3.63, 3.8) is 0 Å². The van der Waals surface area contributed by atoms with Crippen LogP contribution in [0.5, 0.6) is 0 Å². The highest BCUT2D eigenvalue weighted by Crippen LogP contribution is 2.32. The molecule has 0 saturated heterocycles. The standard InChI is InChI=1S/C13H10F3NS.ClH/c14-13(15,16)10-4-3-6-12(8-10)18-9-11-5-1-2-7-17-11;/h1-8H,9H2;1H. The van der Waals surface area contributed by atoms with Crippen LogP contribution in [0.25, 0.3) is 0 Å². The molecule has 0 spiro atoms. The van der Waals surface area contributed by atoms with Gasteiger partial charge in [0.15, 0.2) is 0 Å². The largest absolute Gasteiger partial charge is 0.416 e. The van der Waals surface area contributed by atoms with Crippen LogP contribution in [0.15, 0.2) is 53.6 Å². The van der Waals surface area contributed by atoms with E-state index in [1.54, 1.807) is 18.3 Å². The summed E-state index contributed by atoms with van der Waals surface area (Å²) in [4.78, 5) is 4.71. The number of pyridine rings is 1. The lowest BCUT2D eigenvalue weighted by atomic mass is 10.2. The summed E-state index contributed by atoms with van der Waals surface area (Å²) in [6.07, 6.45) is -2.62. The molecule has 2 aromatic rings. The fraction of sp³-hybridized carbons (Fsp3) is 0.154. The highest BCUT2D eigenvalue weighted by molar-refractivity contribution is 7.98. The summed E-state index contributed by atoms with van der Waals surface area (Å²) in [6, 6.07) is 10.8. The Morgan fingerprint density at radius 3 is 2.47 bits per heavy atom. The van der Waals surface area contributed by atoms with Gasteiger partial charge in [0.1, 0.15) is 0 Å². The summed E-state index contributed by atoms with van der Waals surface area (Å²) in [5.41, 5.74) is 0.230. The molecule has 0 aliphatic rings. The van der Waals surface area contributed by atoms with E-state index >= 15 is 0 Å². The smallest absolute Gasteiger partial charge is 0.260 e. The average Bonchev–Trinajstić information content (AvgIpc) is 2.37. The van der Waals surface area contributed by atoms with E-state index in [4.69, 9.17) is 0 Å². The summed E-state index contributed by atoms with van der Waals surface area (Å²) in [7, 11) is 0. The maximum Gasteiger partial charge on any atom is 0.416 e. The third-order valence-corrected chi connectivity index (χ3v) is 3.30. The molecule has 0 aliphatic carbocycles. The molecule has 0 unspecified atom stereocenters. The van der Waals surface area contributed by atoms with Gasteiger partial charge in [-0.3, -0.25) is 4.98 Å². The average molecular weight is 306 g/mol. The van der Waals surface area contributed by atoms with Crippen molar-refractivity contribution in [1.82, 2.24) is 4.98 Å². The van der Waals surface area contributed by atoms with Gasteiger partial charge in [-0.15, -0.1) is 24.2 Å². The fourth-order valence-corrected chi connectivity index (χ4v) is 2.27. The van der Waals surface area contributed by atoms with E-state index in [2.05, 4.69) is 4.98 Å². The first-order valence-corrected chi connectivity index (χ1v) is 6.24. The van der Waals surface area contributed by atoms with Gasteiger partial charge in [-0.2, -0.15) is 13.2 Å². The minimum absolute atomic E-state index is 0. The van der Waals surface area contributed by atoms with Crippen molar-refractivity contribution in [3.8, 4) is 0 Å². The van der Waals surface area contributed by atoms with Crippen LogP contribution in [0, 0.1) is 0 Å². The monoisotopic (exact) mass is 305 g/mol. The molecular weight excluding hydrogens is 295 g/mol. The van der Waals surface area contributed by atoms with Gasteiger partial charge in [0.05, 0.1) is 11.3 Å². The van der Waals surface area contributed by atoms with Gasteiger partial charge >= 0.3 is 6.18 Å². The molecule has 0 bridgehead atoms. The number of halogens is 4. The van der Waals surface area contributed by atoms with E-state index < -0.39 is 11.7 Å². The quantitative estimate of drug-likeness (QED) is 0.754. The molecule has 1 aromatic carbocycles. The Bertz CT molecular complexity index is 517. The van der Waals surface area contributed by atoms with E-state index in [0.717, 1.165) is 17.8 Å². The Labute approximate surface area is 119 Å². The number of thioether (sulfide) groups is 1. The second kappa shape index (κ2) is 6.82. The van der Waals surface area contributed by atoms with Crippen LogP contribution in [0.4, 0.5) is 13.2 Å². The van der Waals surface area contributed by atoms with Crippen LogP contribution in [0.2, 0.25) is 0 Å². The second-order valence-corrected chi connectivity index (χ2v) is 4.68. The van der Waals surface area contributed by atoms with Crippen molar-refractivity contribution in [2.75, 3.05) is 0 Å². The Balaban J connectivity index is 0.00000180. The van der Waals surface area contributed by atoms with Crippen LogP contribution in [0.1, 0.15) is 11.3 Å². The number of rotatable bonds is 3. The van der Waals surface area contributed by atoms with Crippen molar-refractivity contribution < 1.29 is 13.2 Å². The molecule has 2 rings (SSSR count).